The first-order valence-electron chi connectivity index (χ1n) is 4.69. The number of hydrogen-bond donors (Lipinski definition) is 0. The quantitative estimate of drug-likeness (QED) is 0.800. The lowest BCUT2D eigenvalue weighted by molar-refractivity contribution is 0.0119. The summed E-state index contributed by atoms with van der Waals surface area (Å²) in [5.74, 6) is -0.912. The molecule has 0 aliphatic heterocycles. The van der Waals surface area contributed by atoms with Crippen molar-refractivity contribution in [3.8, 4) is 0 Å². The van der Waals surface area contributed by atoms with E-state index in [2.05, 4.69) is 15.9 Å². The Balaban J connectivity index is 2.73. The van der Waals surface area contributed by atoms with E-state index >= 15 is 0 Å². The maximum Gasteiger partial charge on any atom is 0.339 e. The van der Waals surface area contributed by atoms with E-state index in [4.69, 9.17) is 9.47 Å². The molecule has 0 radical (unpaired) electrons. The van der Waals surface area contributed by atoms with Crippen molar-refractivity contribution in [2.75, 3.05) is 13.7 Å². The van der Waals surface area contributed by atoms with Crippen LogP contribution in [0.2, 0.25) is 0 Å². The van der Waals surface area contributed by atoms with E-state index in [9.17, 15) is 9.18 Å². The Hall–Kier alpha value is -0.940. The summed E-state index contributed by atoms with van der Waals surface area (Å²) in [6, 6.07) is 3.81. The Morgan fingerprint density at radius 3 is 2.81 bits per heavy atom. The molecular weight excluding hydrogens is 279 g/mol. The number of carbonyl (C=O) groups is 1. The molecule has 0 heterocycles. The van der Waals surface area contributed by atoms with Gasteiger partial charge in [-0.05, 0) is 41.1 Å². The van der Waals surface area contributed by atoms with E-state index < -0.39 is 11.8 Å². The van der Waals surface area contributed by atoms with Crippen LogP contribution in [-0.2, 0) is 9.47 Å². The smallest absolute Gasteiger partial charge is 0.339 e. The predicted octanol–water partition coefficient (Wildman–Crippen LogP) is 2.78. The van der Waals surface area contributed by atoms with E-state index in [1.165, 1.54) is 25.3 Å². The molecule has 0 saturated heterocycles. The maximum absolute atomic E-state index is 12.8. The summed E-state index contributed by atoms with van der Waals surface area (Å²) in [6.07, 6.45) is -0.338. The molecule has 3 nitrogen and oxygen atoms in total. The molecule has 0 amide bonds. The number of ether oxygens (including phenoxy) is 2. The highest BCUT2D eigenvalue weighted by Gasteiger charge is 2.15. The second-order valence-electron chi connectivity index (χ2n) is 3.30. The minimum atomic E-state index is -0.503. The minimum Gasteiger partial charge on any atom is -0.457 e. The molecule has 1 rings (SSSR count). The lowest BCUT2D eigenvalue weighted by Crippen LogP contribution is -2.19. The van der Waals surface area contributed by atoms with Gasteiger partial charge in [-0.3, -0.25) is 0 Å². The summed E-state index contributed by atoms with van der Waals surface area (Å²) in [7, 11) is 1.53. The largest absolute Gasteiger partial charge is 0.457 e. The normalized spacial score (nSPS) is 12.2. The lowest BCUT2D eigenvalue weighted by atomic mass is 10.2. The van der Waals surface area contributed by atoms with Crippen LogP contribution in [0, 0.1) is 5.82 Å². The van der Waals surface area contributed by atoms with Gasteiger partial charge in [0.25, 0.3) is 0 Å². The van der Waals surface area contributed by atoms with Crippen molar-refractivity contribution >= 4 is 21.9 Å². The van der Waals surface area contributed by atoms with E-state index in [-0.39, 0.29) is 6.10 Å². The molecular formula is C11H12BrFO3. The van der Waals surface area contributed by atoms with Crippen LogP contribution in [0.4, 0.5) is 4.39 Å². The number of carbonyl (C=O) groups excluding carboxylic acids is 1. The van der Waals surface area contributed by atoms with Crippen molar-refractivity contribution in [3.05, 3.63) is 34.1 Å². The van der Waals surface area contributed by atoms with Crippen LogP contribution >= 0.6 is 15.9 Å². The standard InChI is InChI=1S/C11H12BrFO3/c1-7(6-15-2)16-11(14)9-4-3-8(13)5-10(9)12/h3-5,7H,6H2,1-2H3/t7-/m1/s1. The van der Waals surface area contributed by atoms with Crippen molar-refractivity contribution in [3.63, 3.8) is 0 Å². The van der Waals surface area contributed by atoms with Gasteiger partial charge >= 0.3 is 5.97 Å². The van der Waals surface area contributed by atoms with Crippen molar-refractivity contribution in [2.24, 2.45) is 0 Å². The molecule has 1 atom stereocenters. The van der Waals surface area contributed by atoms with Crippen molar-refractivity contribution in [1.82, 2.24) is 0 Å². The van der Waals surface area contributed by atoms with Gasteiger partial charge in [-0.1, -0.05) is 0 Å². The number of halogens is 2. The summed E-state index contributed by atoms with van der Waals surface area (Å²) in [5.41, 5.74) is 0.296. The Bertz CT molecular complexity index is 381. The number of methoxy groups -OCH3 is 1. The van der Waals surface area contributed by atoms with Gasteiger partial charge in [0.1, 0.15) is 11.9 Å². The Morgan fingerprint density at radius 1 is 1.56 bits per heavy atom. The van der Waals surface area contributed by atoms with E-state index in [1.54, 1.807) is 6.92 Å². The number of esters is 1. The average Bonchev–Trinajstić information content (AvgIpc) is 2.17. The molecule has 5 heteroatoms. The molecule has 1 aromatic carbocycles. The number of benzene rings is 1. The first kappa shape index (κ1) is 13.1. The molecule has 0 aliphatic rings. The van der Waals surface area contributed by atoms with Gasteiger partial charge in [-0.15, -0.1) is 0 Å². The van der Waals surface area contributed by atoms with Crippen LogP contribution in [0.5, 0.6) is 0 Å². The van der Waals surface area contributed by atoms with Gasteiger partial charge in [0.2, 0.25) is 0 Å². The highest BCUT2D eigenvalue weighted by atomic mass is 79.9. The molecule has 0 saturated carbocycles. The molecule has 0 N–H and O–H groups in total. The van der Waals surface area contributed by atoms with Crippen LogP contribution < -0.4 is 0 Å². The predicted molar refractivity (Wildman–Crippen MR) is 60.9 cm³/mol. The monoisotopic (exact) mass is 290 g/mol. The highest BCUT2D eigenvalue weighted by Crippen LogP contribution is 2.19. The van der Waals surface area contributed by atoms with E-state index in [0.29, 0.717) is 16.6 Å². The van der Waals surface area contributed by atoms with Crippen molar-refractivity contribution in [1.29, 1.82) is 0 Å². The van der Waals surface area contributed by atoms with E-state index in [1.807, 2.05) is 0 Å². The molecule has 88 valence electrons. The molecule has 0 aromatic heterocycles. The second kappa shape index (κ2) is 5.96. The van der Waals surface area contributed by atoms with Crippen molar-refractivity contribution in [2.45, 2.75) is 13.0 Å². The maximum atomic E-state index is 12.8. The first-order chi connectivity index (χ1) is 7.54. The van der Waals surface area contributed by atoms with E-state index in [0.717, 1.165) is 0 Å². The molecule has 0 aliphatic carbocycles. The van der Waals surface area contributed by atoms with Crippen LogP contribution in [0.25, 0.3) is 0 Å². The first-order valence-corrected chi connectivity index (χ1v) is 5.49. The third kappa shape index (κ3) is 3.57. The SMILES string of the molecule is COC[C@@H](C)OC(=O)c1ccc(F)cc1Br. The summed E-state index contributed by atoms with van der Waals surface area (Å²) < 4.78 is 23.1. The zero-order valence-electron chi connectivity index (χ0n) is 9.00. The Labute approximate surface area is 102 Å². The van der Waals surface area contributed by atoms with Gasteiger partial charge in [0.05, 0.1) is 12.2 Å². The summed E-state index contributed by atoms with van der Waals surface area (Å²) in [5, 5.41) is 0. The number of hydrogen-bond acceptors (Lipinski definition) is 3. The topological polar surface area (TPSA) is 35.5 Å². The third-order valence-corrected chi connectivity index (χ3v) is 2.52. The summed E-state index contributed by atoms with van der Waals surface area (Å²) in [6.45, 7) is 2.05. The fourth-order valence-corrected chi connectivity index (χ4v) is 1.68. The fourth-order valence-electron chi connectivity index (χ4n) is 1.17. The van der Waals surface area contributed by atoms with Crippen LogP contribution in [0.3, 0.4) is 0 Å². The Morgan fingerprint density at radius 2 is 2.25 bits per heavy atom. The van der Waals surface area contributed by atoms with Gasteiger partial charge in [-0.25, -0.2) is 9.18 Å². The average molecular weight is 291 g/mol. The van der Waals surface area contributed by atoms with Gasteiger partial charge in [0.15, 0.2) is 0 Å². The van der Waals surface area contributed by atoms with Crippen molar-refractivity contribution < 1.29 is 18.7 Å². The Kier molecular flexibility index (Phi) is 4.89. The van der Waals surface area contributed by atoms with Crippen LogP contribution in [0.1, 0.15) is 17.3 Å². The molecule has 16 heavy (non-hydrogen) atoms. The molecule has 0 unspecified atom stereocenters. The molecule has 1 aromatic rings. The van der Waals surface area contributed by atoms with Crippen LogP contribution in [-0.4, -0.2) is 25.8 Å². The fraction of sp³-hybridized carbons (Fsp3) is 0.364. The zero-order valence-corrected chi connectivity index (χ0v) is 10.6. The third-order valence-electron chi connectivity index (χ3n) is 1.86. The summed E-state index contributed by atoms with van der Waals surface area (Å²) in [4.78, 5) is 11.6. The summed E-state index contributed by atoms with van der Waals surface area (Å²) >= 11 is 3.10. The molecule has 0 fully saturated rings. The lowest BCUT2D eigenvalue weighted by Gasteiger charge is -2.12. The molecule has 0 bridgehead atoms. The highest BCUT2D eigenvalue weighted by molar-refractivity contribution is 9.10. The zero-order chi connectivity index (χ0) is 12.1. The van der Waals surface area contributed by atoms with Crippen LogP contribution in [0.15, 0.2) is 22.7 Å². The van der Waals surface area contributed by atoms with Gasteiger partial charge in [-0.2, -0.15) is 0 Å². The van der Waals surface area contributed by atoms with Gasteiger partial charge < -0.3 is 9.47 Å². The minimum absolute atomic E-state index is 0.296. The number of rotatable bonds is 4. The van der Waals surface area contributed by atoms with Gasteiger partial charge in [0, 0.05) is 11.6 Å². The second-order valence-corrected chi connectivity index (χ2v) is 4.15. The molecule has 0 spiro atoms.